The van der Waals surface area contributed by atoms with E-state index < -0.39 is 0 Å². The molecule has 0 amide bonds. The smallest absolute Gasteiger partial charge is 0.0319 e. The van der Waals surface area contributed by atoms with Gasteiger partial charge in [-0.25, -0.2) is 0 Å². The highest BCUT2D eigenvalue weighted by Crippen LogP contribution is 2.16. The third kappa shape index (κ3) is 7.82. The summed E-state index contributed by atoms with van der Waals surface area (Å²) in [4.78, 5) is 0. The highest BCUT2D eigenvalue weighted by atomic mass is 16.2. The molecule has 0 aromatic heterocycles. The van der Waals surface area contributed by atoms with Gasteiger partial charge in [-0.15, -0.1) is 0 Å². The minimum atomic E-state index is 0.847. The summed E-state index contributed by atoms with van der Waals surface area (Å²) >= 11 is 0. The minimum absolute atomic E-state index is 0.847. The number of hydrogen-bond acceptors (Lipinski definition) is 2. The Balaban J connectivity index is 0. The predicted molar refractivity (Wildman–Crippen MR) is 50.8 cm³/mol. The van der Waals surface area contributed by atoms with Crippen LogP contribution in [0.3, 0.4) is 0 Å². The third-order valence-corrected chi connectivity index (χ3v) is 1.76. The van der Waals surface area contributed by atoms with Gasteiger partial charge in [0.15, 0.2) is 0 Å². The second-order valence-corrected chi connectivity index (χ2v) is 2.27. The van der Waals surface area contributed by atoms with Crippen LogP contribution in [0.25, 0.3) is 0 Å². The molecule has 2 heteroatoms. The van der Waals surface area contributed by atoms with Gasteiger partial charge >= 0.3 is 0 Å². The molecule has 1 saturated carbocycles. The van der Waals surface area contributed by atoms with Crippen LogP contribution in [0.5, 0.6) is 0 Å². The van der Waals surface area contributed by atoms with Gasteiger partial charge in [0.1, 0.15) is 0 Å². The average molecular weight is 161 g/mol. The van der Waals surface area contributed by atoms with Crippen LogP contribution in [0, 0.1) is 0 Å². The van der Waals surface area contributed by atoms with E-state index in [2.05, 4.69) is 12.4 Å². The first kappa shape index (κ1) is 13.5. The highest BCUT2D eigenvalue weighted by molar-refractivity contribution is 4.70. The fraction of sp³-hybridized carbons (Fsp3) is 1.00. The first-order valence-electron chi connectivity index (χ1n) is 4.55. The molecular weight excluding hydrogens is 138 g/mol. The Morgan fingerprint density at radius 1 is 1.09 bits per heavy atom. The van der Waals surface area contributed by atoms with E-state index in [0.29, 0.717) is 0 Å². The molecule has 1 fully saturated rings. The van der Waals surface area contributed by atoms with E-state index in [-0.39, 0.29) is 0 Å². The fourth-order valence-corrected chi connectivity index (χ4v) is 1.21. The number of aliphatic hydroxyl groups is 1. The molecule has 0 spiro atoms. The zero-order valence-corrected chi connectivity index (χ0v) is 8.35. The van der Waals surface area contributed by atoms with Crippen molar-refractivity contribution in [3.05, 3.63) is 0 Å². The van der Waals surface area contributed by atoms with Crippen LogP contribution in [0.4, 0.5) is 0 Å². The van der Waals surface area contributed by atoms with Gasteiger partial charge in [0.25, 0.3) is 0 Å². The maximum Gasteiger partial charge on any atom is 0.0319 e. The van der Waals surface area contributed by atoms with Crippen molar-refractivity contribution in [3.8, 4) is 0 Å². The SMILES string of the molecule is CC.CNC1CCCC1.CO. The summed E-state index contributed by atoms with van der Waals surface area (Å²) in [5.74, 6) is 0. The third-order valence-electron chi connectivity index (χ3n) is 1.76. The molecule has 0 aromatic carbocycles. The van der Waals surface area contributed by atoms with Gasteiger partial charge in [-0.2, -0.15) is 0 Å². The topological polar surface area (TPSA) is 32.3 Å². The van der Waals surface area contributed by atoms with Crippen molar-refractivity contribution >= 4 is 0 Å². The number of hydrogen-bond donors (Lipinski definition) is 2. The summed E-state index contributed by atoms with van der Waals surface area (Å²) in [6, 6.07) is 0.847. The molecule has 70 valence electrons. The summed E-state index contributed by atoms with van der Waals surface area (Å²) in [6.07, 6.45) is 5.67. The van der Waals surface area contributed by atoms with E-state index >= 15 is 0 Å². The largest absolute Gasteiger partial charge is 0.400 e. The Kier molecular flexibility index (Phi) is 15.4. The quantitative estimate of drug-likeness (QED) is 0.614. The molecule has 2 N–H and O–H groups in total. The Labute approximate surface area is 71.0 Å². The molecule has 0 saturated heterocycles. The van der Waals surface area contributed by atoms with Gasteiger partial charge in [0, 0.05) is 13.2 Å². The molecule has 0 unspecified atom stereocenters. The van der Waals surface area contributed by atoms with Gasteiger partial charge in [-0.1, -0.05) is 26.7 Å². The van der Waals surface area contributed by atoms with Crippen molar-refractivity contribution in [2.45, 2.75) is 45.6 Å². The molecule has 1 rings (SSSR count). The second kappa shape index (κ2) is 12.6. The van der Waals surface area contributed by atoms with Crippen LogP contribution in [0.1, 0.15) is 39.5 Å². The van der Waals surface area contributed by atoms with Crippen molar-refractivity contribution in [2.24, 2.45) is 0 Å². The molecule has 2 nitrogen and oxygen atoms in total. The summed E-state index contributed by atoms with van der Waals surface area (Å²) < 4.78 is 0. The van der Waals surface area contributed by atoms with Crippen LogP contribution < -0.4 is 5.32 Å². The maximum atomic E-state index is 7.00. The molecule has 1 aliphatic carbocycles. The minimum Gasteiger partial charge on any atom is -0.400 e. The lowest BCUT2D eigenvalue weighted by Gasteiger charge is -2.03. The number of aliphatic hydroxyl groups excluding tert-OH is 1. The second-order valence-electron chi connectivity index (χ2n) is 2.27. The van der Waals surface area contributed by atoms with Crippen molar-refractivity contribution in [1.82, 2.24) is 5.32 Å². The van der Waals surface area contributed by atoms with Crippen molar-refractivity contribution in [3.63, 3.8) is 0 Å². The van der Waals surface area contributed by atoms with Gasteiger partial charge in [0.05, 0.1) is 0 Å². The molecule has 1 aliphatic rings. The first-order chi connectivity index (χ1) is 5.43. The summed E-state index contributed by atoms with van der Waals surface area (Å²) in [5, 5.41) is 10.3. The van der Waals surface area contributed by atoms with E-state index in [1.807, 2.05) is 13.8 Å². The molecule has 0 radical (unpaired) electrons. The molecule has 0 atom stereocenters. The number of rotatable bonds is 1. The maximum absolute atomic E-state index is 7.00. The van der Waals surface area contributed by atoms with Gasteiger partial charge in [-0.05, 0) is 19.9 Å². The Morgan fingerprint density at radius 2 is 1.45 bits per heavy atom. The van der Waals surface area contributed by atoms with Crippen LogP contribution in [0.15, 0.2) is 0 Å². The lowest BCUT2D eigenvalue weighted by molar-refractivity contribution is 0.399. The molecule has 0 aliphatic heterocycles. The van der Waals surface area contributed by atoms with Crippen molar-refractivity contribution < 1.29 is 5.11 Å². The predicted octanol–water partition coefficient (Wildman–Crippen LogP) is 1.78. The fourth-order valence-electron chi connectivity index (χ4n) is 1.21. The molecule has 0 aromatic rings. The van der Waals surface area contributed by atoms with Gasteiger partial charge in [0.2, 0.25) is 0 Å². The van der Waals surface area contributed by atoms with E-state index in [4.69, 9.17) is 5.11 Å². The molecule has 0 bridgehead atoms. The number of nitrogens with one attached hydrogen (secondary N) is 1. The lowest BCUT2D eigenvalue weighted by Crippen LogP contribution is -2.20. The van der Waals surface area contributed by atoms with Crippen LogP contribution in [-0.4, -0.2) is 25.3 Å². The Bertz CT molecular complexity index is 51.5. The van der Waals surface area contributed by atoms with E-state index in [9.17, 15) is 0 Å². The van der Waals surface area contributed by atoms with Crippen molar-refractivity contribution in [2.75, 3.05) is 14.2 Å². The molecule has 11 heavy (non-hydrogen) atoms. The molecule has 0 heterocycles. The van der Waals surface area contributed by atoms with E-state index in [0.717, 1.165) is 13.2 Å². The van der Waals surface area contributed by atoms with Gasteiger partial charge < -0.3 is 10.4 Å². The summed E-state index contributed by atoms with van der Waals surface area (Å²) in [5.41, 5.74) is 0. The Morgan fingerprint density at radius 3 is 1.64 bits per heavy atom. The standard InChI is InChI=1S/C6H13N.C2H6.CH4O/c1-7-6-4-2-3-5-6;2*1-2/h6-7H,2-5H2,1H3;1-2H3;2H,1H3. The summed E-state index contributed by atoms with van der Waals surface area (Å²) in [7, 11) is 3.05. The highest BCUT2D eigenvalue weighted by Gasteiger charge is 2.10. The van der Waals surface area contributed by atoms with E-state index in [1.54, 1.807) is 0 Å². The zero-order valence-electron chi connectivity index (χ0n) is 8.35. The zero-order chi connectivity index (χ0) is 9.11. The van der Waals surface area contributed by atoms with Crippen molar-refractivity contribution in [1.29, 1.82) is 0 Å². The monoisotopic (exact) mass is 161 g/mol. The first-order valence-corrected chi connectivity index (χ1v) is 4.55. The normalized spacial score (nSPS) is 16.1. The van der Waals surface area contributed by atoms with Crippen LogP contribution >= 0.6 is 0 Å². The lowest BCUT2D eigenvalue weighted by atomic mass is 10.3. The summed E-state index contributed by atoms with van der Waals surface area (Å²) in [6.45, 7) is 4.00. The van der Waals surface area contributed by atoms with E-state index in [1.165, 1.54) is 25.7 Å². The molecular formula is C9H23NO. The van der Waals surface area contributed by atoms with Gasteiger partial charge in [-0.3, -0.25) is 0 Å². The van der Waals surface area contributed by atoms with Crippen LogP contribution in [-0.2, 0) is 0 Å². The van der Waals surface area contributed by atoms with Crippen LogP contribution in [0.2, 0.25) is 0 Å². The Hall–Kier alpha value is -0.0800. The average Bonchev–Trinajstić information content (AvgIpc) is 2.63.